The molecule has 5 nitrogen and oxygen atoms in total. The number of aryl methyl sites for hydroxylation is 1. The molecule has 2 aromatic rings. The van der Waals surface area contributed by atoms with Crippen LogP contribution in [-0.4, -0.2) is 29.5 Å². The zero-order chi connectivity index (χ0) is 15.5. The predicted molar refractivity (Wildman–Crippen MR) is 83.7 cm³/mol. The Kier molecular flexibility index (Phi) is 4.20. The fraction of sp³-hybridized carbons (Fsp3) is 0.312. The van der Waals surface area contributed by atoms with E-state index < -0.39 is 5.97 Å². The Morgan fingerprint density at radius 2 is 2.05 bits per heavy atom. The summed E-state index contributed by atoms with van der Waals surface area (Å²) in [6.45, 7) is 1.52. The minimum Gasteiger partial charge on any atom is -0.451 e. The molecule has 1 amide bonds. The fourth-order valence-electron chi connectivity index (χ4n) is 1.98. The maximum atomic E-state index is 12.1. The summed E-state index contributed by atoms with van der Waals surface area (Å²) in [6.07, 6.45) is 2.02. The Hall–Kier alpha value is -2.21. The quantitative estimate of drug-likeness (QED) is 0.861. The summed E-state index contributed by atoms with van der Waals surface area (Å²) in [5.74, 6) is -0.746. The SMILES string of the molecule is Cc1nc(-c2ccccc2)sc1C(=O)OCC(=O)NC1CC1. The van der Waals surface area contributed by atoms with Crippen molar-refractivity contribution >= 4 is 23.2 Å². The molecule has 0 bridgehead atoms. The molecule has 0 spiro atoms. The minimum atomic E-state index is -0.497. The van der Waals surface area contributed by atoms with Crippen molar-refractivity contribution < 1.29 is 14.3 Å². The Bertz CT molecular complexity index is 693. The molecule has 1 aromatic heterocycles. The molecule has 1 aliphatic rings. The largest absolute Gasteiger partial charge is 0.451 e. The number of aromatic nitrogens is 1. The highest BCUT2D eigenvalue weighted by Crippen LogP contribution is 2.28. The summed E-state index contributed by atoms with van der Waals surface area (Å²) in [6, 6.07) is 9.92. The molecule has 1 fully saturated rings. The average molecular weight is 316 g/mol. The number of hydrogen-bond donors (Lipinski definition) is 1. The molecule has 1 aliphatic carbocycles. The number of nitrogens with one attached hydrogen (secondary N) is 1. The molecule has 0 radical (unpaired) electrons. The fourth-order valence-corrected chi connectivity index (χ4v) is 2.95. The number of ether oxygens (including phenoxy) is 1. The van der Waals surface area contributed by atoms with Gasteiger partial charge in [-0.15, -0.1) is 11.3 Å². The normalized spacial score (nSPS) is 13.7. The van der Waals surface area contributed by atoms with Crippen molar-refractivity contribution in [2.45, 2.75) is 25.8 Å². The lowest BCUT2D eigenvalue weighted by atomic mass is 10.2. The Balaban J connectivity index is 1.65. The number of hydrogen-bond acceptors (Lipinski definition) is 5. The molecule has 3 rings (SSSR count). The minimum absolute atomic E-state index is 0.243. The summed E-state index contributed by atoms with van der Waals surface area (Å²) in [5.41, 5.74) is 1.58. The highest BCUT2D eigenvalue weighted by atomic mass is 32.1. The van der Waals surface area contributed by atoms with Crippen molar-refractivity contribution in [2.75, 3.05) is 6.61 Å². The van der Waals surface area contributed by atoms with Gasteiger partial charge in [0.2, 0.25) is 0 Å². The van der Waals surface area contributed by atoms with Gasteiger partial charge in [0.05, 0.1) is 5.69 Å². The summed E-state index contributed by atoms with van der Waals surface area (Å²) < 4.78 is 5.07. The van der Waals surface area contributed by atoms with Gasteiger partial charge in [0, 0.05) is 11.6 Å². The molecule has 1 heterocycles. The monoisotopic (exact) mass is 316 g/mol. The van der Waals surface area contributed by atoms with Crippen LogP contribution in [0.2, 0.25) is 0 Å². The van der Waals surface area contributed by atoms with E-state index in [4.69, 9.17) is 4.74 Å². The third-order valence-electron chi connectivity index (χ3n) is 3.28. The number of carbonyl (C=O) groups is 2. The molecule has 0 saturated heterocycles. The number of benzene rings is 1. The molecule has 0 aliphatic heterocycles. The van der Waals surface area contributed by atoms with E-state index in [9.17, 15) is 9.59 Å². The van der Waals surface area contributed by atoms with E-state index in [1.807, 2.05) is 30.3 Å². The highest BCUT2D eigenvalue weighted by molar-refractivity contribution is 7.17. The molecule has 0 unspecified atom stereocenters. The third-order valence-corrected chi connectivity index (χ3v) is 4.47. The van der Waals surface area contributed by atoms with Crippen molar-refractivity contribution in [1.82, 2.24) is 10.3 Å². The van der Waals surface area contributed by atoms with E-state index in [0.717, 1.165) is 23.4 Å². The molecule has 0 atom stereocenters. The first-order chi connectivity index (χ1) is 10.6. The van der Waals surface area contributed by atoms with Gasteiger partial charge in [-0.2, -0.15) is 0 Å². The van der Waals surface area contributed by atoms with Gasteiger partial charge in [-0.1, -0.05) is 30.3 Å². The zero-order valence-electron chi connectivity index (χ0n) is 12.2. The van der Waals surface area contributed by atoms with Crippen LogP contribution in [0.4, 0.5) is 0 Å². The van der Waals surface area contributed by atoms with Crippen LogP contribution in [0.15, 0.2) is 30.3 Å². The van der Waals surface area contributed by atoms with Gasteiger partial charge in [-0.25, -0.2) is 9.78 Å². The van der Waals surface area contributed by atoms with Crippen LogP contribution in [0.25, 0.3) is 10.6 Å². The van der Waals surface area contributed by atoms with E-state index in [1.54, 1.807) is 6.92 Å². The van der Waals surface area contributed by atoms with Crippen molar-refractivity contribution in [3.63, 3.8) is 0 Å². The molecular formula is C16H16N2O3S. The van der Waals surface area contributed by atoms with Crippen LogP contribution in [0.3, 0.4) is 0 Å². The lowest BCUT2D eigenvalue weighted by Crippen LogP contribution is -2.30. The van der Waals surface area contributed by atoms with Gasteiger partial charge in [0.25, 0.3) is 5.91 Å². The number of carbonyl (C=O) groups excluding carboxylic acids is 2. The van der Waals surface area contributed by atoms with Crippen molar-refractivity contribution in [3.05, 3.63) is 40.9 Å². The second-order valence-electron chi connectivity index (χ2n) is 5.22. The molecule has 114 valence electrons. The number of amides is 1. The summed E-state index contributed by atoms with van der Waals surface area (Å²) >= 11 is 1.28. The average Bonchev–Trinajstić information content (AvgIpc) is 3.25. The smallest absolute Gasteiger partial charge is 0.350 e. The Morgan fingerprint density at radius 3 is 2.73 bits per heavy atom. The van der Waals surface area contributed by atoms with Crippen molar-refractivity contribution in [1.29, 1.82) is 0 Å². The second-order valence-corrected chi connectivity index (χ2v) is 6.22. The van der Waals surface area contributed by atoms with E-state index >= 15 is 0 Å². The predicted octanol–water partition coefficient (Wildman–Crippen LogP) is 2.55. The van der Waals surface area contributed by atoms with Gasteiger partial charge in [-0.3, -0.25) is 4.79 Å². The topological polar surface area (TPSA) is 68.3 Å². The summed E-state index contributed by atoms with van der Waals surface area (Å²) in [4.78, 5) is 28.5. The first kappa shape index (κ1) is 14.7. The third kappa shape index (κ3) is 3.51. The van der Waals surface area contributed by atoms with Crippen LogP contribution >= 0.6 is 11.3 Å². The number of esters is 1. The van der Waals surface area contributed by atoms with Gasteiger partial charge < -0.3 is 10.1 Å². The number of rotatable bonds is 5. The first-order valence-corrected chi connectivity index (χ1v) is 7.94. The van der Waals surface area contributed by atoms with Crippen LogP contribution in [0.1, 0.15) is 28.2 Å². The Morgan fingerprint density at radius 1 is 1.32 bits per heavy atom. The van der Waals surface area contributed by atoms with Gasteiger partial charge >= 0.3 is 5.97 Å². The molecule has 1 N–H and O–H groups in total. The van der Waals surface area contributed by atoms with Crippen LogP contribution < -0.4 is 5.32 Å². The molecule has 1 aromatic carbocycles. The van der Waals surface area contributed by atoms with Gasteiger partial charge in [-0.05, 0) is 19.8 Å². The maximum absolute atomic E-state index is 12.1. The standard InChI is InChI=1S/C16H16N2O3S/c1-10-14(16(20)21-9-13(19)18-12-7-8-12)22-15(17-10)11-5-3-2-4-6-11/h2-6,12H,7-9H2,1H3,(H,18,19). The van der Waals surface area contributed by atoms with Crippen LogP contribution in [0.5, 0.6) is 0 Å². The van der Waals surface area contributed by atoms with Crippen molar-refractivity contribution in [2.24, 2.45) is 0 Å². The molecular weight excluding hydrogens is 300 g/mol. The number of thiazole rings is 1. The van der Waals surface area contributed by atoms with E-state index in [-0.39, 0.29) is 18.6 Å². The van der Waals surface area contributed by atoms with E-state index in [0.29, 0.717) is 10.6 Å². The summed E-state index contributed by atoms with van der Waals surface area (Å²) in [5, 5.41) is 3.55. The molecule has 22 heavy (non-hydrogen) atoms. The number of nitrogens with zero attached hydrogens (tertiary/aromatic N) is 1. The van der Waals surface area contributed by atoms with Crippen LogP contribution in [0, 0.1) is 6.92 Å². The van der Waals surface area contributed by atoms with Gasteiger partial charge in [0.15, 0.2) is 6.61 Å². The van der Waals surface area contributed by atoms with E-state index in [2.05, 4.69) is 10.3 Å². The lowest BCUT2D eigenvalue weighted by Gasteiger charge is -2.04. The van der Waals surface area contributed by atoms with Crippen molar-refractivity contribution in [3.8, 4) is 10.6 Å². The second kappa shape index (κ2) is 6.27. The highest BCUT2D eigenvalue weighted by Gasteiger charge is 2.24. The van der Waals surface area contributed by atoms with E-state index in [1.165, 1.54) is 11.3 Å². The van der Waals surface area contributed by atoms with Gasteiger partial charge in [0.1, 0.15) is 9.88 Å². The molecule has 1 saturated carbocycles. The first-order valence-electron chi connectivity index (χ1n) is 7.13. The maximum Gasteiger partial charge on any atom is 0.350 e. The molecule has 6 heteroatoms. The lowest BCUT2D eigenvalue weighted by molar-refractivity contribution is -0.124. The zero-order valence-corrected chi connectivity index (χ0v) is 13.0. The summed E-state index contributed by atoms with van der Waals surface area (Å²) in [7, 11) is 0. The van der Waals surface area contributed by atoms with Crippen LogP contribution in [-0.2, 0) is 9.53 Å². The Labute approximate surface area is 132 Å².